The predicted octanol–water partition coefficient (Wildman–Crippen LogP) is 3.07. The molecular weight excluding hydrogens is 327 g/mol. The number of methoxy groups -OCH3 is 1. The van der Waals surface area contributed by atoms with E-state index in [-0.39, 0.29) is 24.6 Å². The van der Waals surface area contributed by atoms with Crippen LogP contribution in [0.5, 0.6) is 0 Å². The SMILES string of the molecule is COC(=O)c1oc(C(C)N2CCC(C(O)C(F)(F)F)CC2)cc1C. The Hall–Kier alpha value is -1.54. The highest BCUT2D eigenvalue weighted by Gasteiger charge is 2.44. The highest BCUT2D eigenvalue weighted by molar-refractivity contribution is 5.87. The van der Waals surface area contributed by atoms with Crippen molar-refractivity contribution in [3.63, 3.8) is 0 Å². The number of nitrogens with zero attached hydrogens (tertiary/aromatic N) is 1. The first-order valence-electron chi connectivity index (χ1n) is 7.82. The van der Waals surface area contributed by atoms with Gasteiger partial charge < -0.3 is 14.3 Å². The Kier molecular flexibility index (Phi) is 5.59. The number of likely N-dealkylation sites (tertiary alicyclic amines) is 1. The summed E-state index contributed by atoms with van der Waals surface area (Å²) in [5.74, 6) is -0.625. The molecule has 1 N–H and O–H groups in total. The average Bonchev–Trinajstić information content (AvgIpc) is 2.94. The first-order chi connectivity index (χ1) is 11.1. The molecule has 2 atom stereocenters. The Morgan fingerprint density at radius 2 is 2.00 bits per heavy atom. The van der Waals surface area contributed by atoms with Crippen LogP contribution >= 0.6 is 0 Å². The summed E-state index contributed by atoms with van der Waals surface area (Å²) < 4.78 is 48.0. The van der Waals surface area contributed by atoms with E-state index in [1.54, 1.807) is 13.0 Å². The molecule has 2 rings (SSSR count). The largest absolute Gasteiger partial charge is 0.463 e. The van der Waals surface area contributed by atoms with Crippen molar-refractivity contribution >= 4 is 5.97 Å². The first kappa shape index (κ1) is 18.8. The van der Waals surface area contributed by atoms with Crippen LogP contribution < -0.4 is 0 Å². The van der Waals surface area contributed by atoms with Gasteiger partial charge in [0.05, 0.1) is 13.2 Å². The second-order valence-corrected chi connectivity index (χ2v) is 6.19. The smallest absolute Gasteiger partial charge is 0.414 e. The predicted molar refractivity (Wildman–Crippen MR) is 79.6 cm³/mol. The molecule has 1 aromatic rings. The molecule has 1 aliphatic heterocycles. The van der Waals surface area contributed by atoms with E-state index >= 15 is 0 Å². The average molecular weight is 349 g/mol. The summed E-state index contributed by atoms with van der Waals surface area (Å²) in [6.07, 6.45) is -6.33. The molecule has 1 aliphatic rings. The molecule has 0 aliphatic carbocycles. The molecule has 24 heavy (non-hydrogen) atoms. The zero-order valence-electron chi connectivity index (χ0n) is 13.9. The highest BCUT2D eigenvalue weighted by atomic mass is 19.4. The van der Waals surface area contributed by atoms with Crippen LogP contribution in [0.1, 0.15) is 47.7 Å². The normalized spacial score (nSPS) is 20.0. The maximum Gasteiger partial charge on any atom is 0.414 e. The number of alkyl halides is 3. The Labute approximate surface area is 138 Å². The van der Waals surface area contributed by atoms with E-state index in [2.05, 4.69) is 4.74 Å². The van der Waals surface area contributed by atoms with Crippen molar-refractivity contribution < 1.29 is 32.2 Å². The summed E-state index contributed by atoms with van der Waals surface area (Å²) in [6.45, 7) is 4.45. The molecule has 0 spiro atoms. The molecule has 1 fully saturated rings. The van der Waals surface area contributed by atoms with E-state index in [9.17, 15) is 23.1 Å². The molecule has 1 saturated heterocycles. The lowest BCUT2D eigenvalue weighted by Crippen LogP contribution is -2.43. The molecule has 2 unspecified atom stereocenters. The quantitative estimate of drug-likeness (QED) is 0.847. The number of ether oxygens (including phenoxy) is 1. The number of aliphatic hydroxyl groups excluding tert-OH is 1. The Morgan fingerprint density at radius 3 is 2.50 bits per heavy atom. The first-order valence-corrected chi connectivity index (χ1v) is 7.82. The molecule has 2 heterocycles. The minimum Gasteiger partial charge on any atom is -0.463 e. The molecule has 136 valence electrons. The van der Waals surface area contributed by atoms with Crippen LogP contribution in [-0.4, -0.2) is 48.5 Å². The van der Waals surface area contributed by atoms with Crippen LogP contribution in [0, 0.1) is 12.8 Å². The van der Waals surface area contributed by atoms with Gasteiger partial charge in [-0.3, -0.25) is 4.90 Å². The lowest BCUT2D eigenvalue weighted by molar-refractivity contribution is -0.223. The van der Waals surface area contributed by atoms with E-state index < -0.39 is 24.2 Å². The fraction of sp³-hybridized carbons (Fsp3) is 0.688. The van der Waals surface area contributed by atoms with Crippen LogP contribution in [0.4, 0.5) is 13.2 Å². The maximum absolute atomic E-state index is 12.6. The summed E-state index contributed by atoms with van der Waals surface area (Å²) in [6, 6.07) is 1.57. The zero-order valence-corrected chi connectivity index (χ0v) is 13.9. The van der Waals surface area contributed by atoms with Crippen molar-refractivity contribution in [3.8, 4) is 0 Å². The molecular formula is C16H22F3NO4. The number of carbonyl (C=O) groups excluding carboxylic acids is 1. The Balaban J connectivity index is 2.00. The van der Waals surface area contributed by atoms with Crippen LogP contribution in [0.15, 0.2) is 10.5 Å². The van der Waals surface area contributed by atoms with E-state index in [1.165, 1.54) is 7.11 Å². The van der Waals surface area contributed by atoms with Crippen LogP contribution in [0.3, 0.4) is 0 Å². The number of esters is 1. The molecule has 0 amide bonds. The van der Waals surface area contributed by atoms with Gasteiger partial charge in [0.15, 0.2) is 6.10 Å². The van der Waals surface area contributed by atoms with Gasteiger partial charge in [-0.1, -0.05) is 0 Å². The lowest BCUT2D eigenvalue weighted by atomic mass is 9.90. The minimum atomic E-state index is -4.58. The number of carbonyl (C=O) groups is 1. The van der Waals surface area contributed by atoms with Gasteiger partial charge in [0.1, 0.15) is 5.76 Å². The number of aryl methyl sites for hydroxylation is 1. The zero-order chi connectivity index (χ0) is 18.1. The van der Waals surface area contributed by atoms with Gasteiger partial charge >= 0.3 is 12.1 Å². The third-order valence-electron chi connectivity index (χ3n) is 4.62. The van der Waals surface area contributed by atoms with Gasteiger partial charge in [0.25, 0.3) is 0 Å². The molecule has 0 saturated carbocycles. The van der Waals surface area contributed by atoms with Crippen molar-refractivity contribution in [2.45, 2.75) is 45.0 Å². The van der Waals surface area contributed by atoms with E-state index in [0.717, 1.165) is 0 Å². The molecule has 1 aromatic heterocycles. The molecule has 0 aromatic carbocycles. The summed E-state index contributed by atoms with van der Waals surface area (Å²) in [4.78, 5) is 13.6. The van der Waals surface area contributed by atoms with Crippen molar-refractivity contribution in [2.75, 3.05) is 20.2 Å². The fourth-order valence-electron chi connectivity index (χ4n) is 3.08. The van der Waals surface area contributed by atoms with Gasteiger partial charge in [-0.2, -0.15) is 13.2 Å². The van der Waals surface area contributed by atoms with Crippen LogP contribution in [-0.2, 0) is 4.74 Å². The minimum absolute atomic E-state index is 0.140. The summed E-state index contributed by atoms with van der Waals surface area (Å²) in [7, 11) is 1.27. The van der Waals surface area contributed by atoms with Crippen molar-refractivity contribution in [3.05, 3.63) is 23.2 Å². The van der Waals surface area contributed by atoms with Gasteiger partial charge in [0, 0.05) is 5.56 Å². The summed E-state index contributed by atoms with van der Waals surface area (Å²) in [5, 5.41) is 9.37. The third kappa shape index (κ3) is 3.92. The van der Waals surface area contributed by atoms with Gasteiger partial charge in [0.2, 0.25) is 5.76 Å². The number of furan rings is 1. The maximum atomic E-state index is 12.6. The monoisotopic (exact) mass is 349 g/mol. The van der Waals surface area contributed by atoms with Gasteiger partial charge in [-0.15, -0.1) is 0 Å². The number of aliphatic hydroxyl groups is 1. The molecule has 0 radical (unpaired) electrons. The molecule has 0 bridgehead atoms. The standard InChI is InChI=1S/C16H22F3NO4/c1-9-8-12(24-13(9)15(22)23-3)10(2)20-6-4-11(5-7-20)14(21)16(17,18)19/h8,10-11,14,21H,4-7H2,1-3H3. The van der Waals surface area contributed by atoms with E-state index in [0.29, 0.717) is 24.4 Å². The number of hydrogen-bond acceptors (Lipinski definition) is 5. The summed E-state index contributed by atoms with van der Waals surface area (Å²) >= 11 is 0. The molecule has 8 heteroatoms. The van der Waals surface area contributed by atoms with Crippen molar-refractivity contribution in [2.24, 2.45) is 5.92 Å². The van der Waals surface area contributed by atoms with Crippen LogP contribution in [0.25, 0.3) is 0 Å². The summed E-state index contributed by atoms with van der Waals surface area (Å²) in [5.41, 5.74) is 0.658. The highest BCUT2D eigenvalue weighted by Crippen LogP contribution is 2.34. The number of halogens is 3. The van der Waals surface area contributed by atoms with Crippen molar-refractivity contribution in [1.82, 2.24) is 4.90 Å². The number of hydrogen-bond donors (Lipinski definition) is 1. The second-order valence-electron chi connectivity index (χ2n) is 6.19. The van der Waals surface area contributed by atoms with Gasteiger partial charge in [-0.05, 0) is 51.8 Å². The Bertz CT molecular complexity index is 576. The van der Waals surface area contributed by atoms with E-state index in [4.69, 9.17) is 4.42 Å². The lowest BCUT2D eigenvalue weighted by Gasteiger charge is -2.37. The number of rotatable bonds is 4. The fourth-order valence-corrected chi connectivity index (χ4v) is 3.08. The van der Waals surface area contributed by atoms with E-state index in [1.807, 2.05) is 11.8 Å². The Morgan fingerprint density at radius 1 is 1.42 bits per heavy atom. The second kappa shape index (κ2) is 7.14. The number of piperidine rings is 1. The van der Waals surface area contributed by atoms with Crippen LogP contribution in [0.2, 0.25) is 0 Å². The topological polar surface area (TPSA) is 62.9 Å². The third-order valence-corrected chi connectivity index (χ3v) is 4.62. The van der Waals surface area contributed by atoms with Crippen molar-refractivity contribution in [1.29, 1.82) is 0 Å². The van der Waals surface area contributed by atoms with Gasteiger partial charge in [-0.25, -0.2) is 4.79 Å². The molecule has 5 nitrogen and oxygen atoms in total.